The van der Waals surface area contributed by atoms with Gasteiger partial charge in [-0.15, -0.1) is 0 Å². The van der Waals surface area contributed by atoms with Gasteiger partial charge in [0.2, 0.25) is 11.8 Å². The van der Waals surface area contributed by atoms with Crippen molar-refractivity contribution in [3.63, 3.8) is 0 Å². The molecule has 0 aliphatic carbocycles. The fraction of sp³-hybridized carbons (Fsp3) is 0.500. The van der Waals surface area contributed by atoms with E-state index in [0.717, 1.165) is 5.56 Å². The molecule has 2 atom stereocenters. The highest BCUT2D eigenvalue weighted by Gasteiger charge is 2.44. The molecule has 0 bridgehead atoms. The molecule has 1 N–H and O–H groups in total. The molecule has 6 nitrogen and oxygen atoms in total. The second kappa shape index (κ2) is 6.68. The van der Waals surface area contributed by atoms with Crippen molar-refractivity contribution in [2.24, 2.45) is 5.92 Å². The highest BCUT2D eigenvalue weighted by atomic mass is 16.5. The van der Waals surface area contributed by atoms with Crippen LogP contribution in [0.15, 0.2) is 18.2 Å². The van der Waals surface area contributed by atoms with Crippen LogP contribution in [0.1, 0.15) is 24.9 Å². The molecule has 1 fully saturated rings. The predicted molar refractivity (Wildman–Crippen MR) is 81.8 cm³/mol. The number of nitrogens with zero attached hydrogens (tertiary/aromatic N) is 1. The van der Waals surface area contributed by atoms with Gasteiger partial charge in [0.25, 0.3) is 0 Å². The third-order valence-electron chi connectivity index (χ3n) is 4.11. The Balaban J connectivity index is 2.49. The Morgan fingerprint density at radius 1 is 1.36 bits per heavy atom. The van der Waals surface area contributed by atoms with E-state index in [2.05, 4.69) is 5.32 Å². The van der Waals surface area contributed by atoms with Crippen LogP contribution in [0, 0.1) is 5.92 Å². The first kappa shape index (κ1) is 16.1. The highest BCUT2D eigenvalue weighted by molar-refractivity contribution is 5.90. The van der Waals surface area contributed by atoms with Crippen molar-refractivity contribution in [1.82, 2.24) is 10.2 Å². The van der Waals surface area contributed by atoms with E-state index in [1.165, 1.54) is 0 Å². The minimum absolute atomic E-state index is 0.0148. The summed E-state index contributed by atoms with van der Waals surface area (Å²) in [6.07, 6.45) is 0.216. The molecule has 6 heteroatoms. The SMILES string of the molecule is CCN1C(=O)CC(C(=O)NC)C1c1ccc(OC)cc1OC. The minimum atomic E-state index is -0.417. The van der Waals surface area contributed by atoms with Crippen LogP contribution in [0.25, 0.3) is 0 Å². The van der Waals surface area contributed by atoms with Crippen LogP contribution < -0.4 is 14.8 Å². The summed E-state index contributed by atoms with van der Waals surface area (Å²) in [5.41, 5.74) is 0.824. The number of carbonyl (C=O) groups is 2. The molecule has 1 heterocycles. The zero-order valence-corrected chi connectivity index (χ0v) is 13.4. The summed E-state index contributed by atoms with van der Waals surface area (Å²) in [6, 6.07) is 5.13. The fourth-order valence-corrected chi connectivity index (χ4v) is 3.03. The maximum Gasteiger partial charge on any atom is 0.225 e. The van der Waals surface area contributed by atoms with Crippen LogP contribution in [0.5, 0.6) is 11.5 Å². The molecule has 1 aliphatic heterocycles. The van der Waals surface area contributed by atoms with Gasteiger partial charge < -0.3 is 19.7 Å². The van der Waals surface area contributed by atoms with Crippen molar-refractivity contribution in [2.45, 2.75) is 19.4 Å². The molecule has 2 unspecified atom stereocenters. The number of hydrogen-bond acceptors (Lipinski definition) is 4. The lowest BCUT2D eigenvalue weighted by atomic mass is 9.92. The van der Waals surface area contributed by atoms with Crippen LogP contribution in [-0.4, -0.2) is 44.5 Å². The van der Waals surface area contributed by atoms with E-state index in [-0.39, 0.29) is 24.3 Å². The van der Waals surface area contributed by atoms with Gasteiger partial charge in [0.1, 0.15) is 11.5 Å². The van der Waals surface area contributed by atoms with Gasteiger partial charge in [0.05, 0.1) is 26.2 Å². The molecule has 2 rings (SSSR count). The minimum Gasteiger partial charge on any atom is -0.497 e. The lowest BCUT2D eigenvalue weighted by Crippen LogP contribution is -2.34. The Kier molecular flexibility index (Phi) is 4.90. The van der Waals surface area contributed by atoms with E-state index in [9.17, 15) is 9.59 Å². The summed E-state index contributed by atoms with van der Waals surface area (Å²) < 4.78 is 10.6. The van der Waals surface area contributed by atoms with Gasteiger partial charge in [-0.25, -0.2) is 0 Å². The maximum atomic E-state index is 12.2. The molecule has 120 valence electrons. The first-order chi connectivity index (χ1) is 10.6. The third kappa shape index (κ3) is 2.73. The summed E-state index contributed by atoms with van der Waals surface area (Å²) in [5, 5.41) is 2.65. The molecule has 1 aromatic carbocycles. The van der Waals surface area contributed by atoms with E-state index in [1.807, 2.05) is 19.1 Å². The molecule has 1 aromatic rings. The summed E-state index contributed by atoms with van der Waals surface area (Å²) in [5.74, 6) is 0.724. The van der Waals surface area contributed by atoms with Gasteiger partial charge >= 0.3 is 0 Å². The van der Waals surface area contributed by atoms with Gasteiger partial charge in [-0.1, -0.05) is 0 Å². The molecule has 1 aliphatic rings. The Labute approximate surface area is 130 Å². The molecule has 1 saturated heterocycles. The lowest BCUT2D eigenvalue weighted by molar-refractivity contribution is -0.129. The molecule has 0 spiro atoms. The quantitative estimate of drug-likeness (QED) is 0.892. The van der Waals surface area contributed by atoms with Crippen LogP contribution in [-0.2, 0) is 9.59 Å². The highest BCUT2D eigenvalue weighted by Crippen LogP contribution is 2.42. The van der Waals surface area contributed by atoms with E-state index in [4.69, 9.17) is 9.47 Å². The van der Waals surface area contributed by atoms with E-state index >= 15 is 0 Å². The summed E-state index contributed by atoms with van der Waals surface area (Å²) in [7, 11) is 4.74. The number of nitrogens with one attached hydrogen (secondary N) is 1. The van der Waals surface area contributed by atoms with Crippen LogP contribution in [0.4, 0.5) is 0 Å². The number of amides is 2. The number of rotatable bonds is 5. The largest absolute Gasteiger partial charge is 0.497 e. The van der Waals surface area contributed by atoms with Gasteiger partial charge in [-0.2, -0.15) is 0 Å². The van der Waals surface area contributed by atoms with Crippen molar-refractivity contribution in [3.8, 4) is 11.5 Å². The average Bonchev–Trinajstić information content (AvgIpc) is 2.89. The van der Waals surface area contributed by atoms with Gasteiger partial charge in [0, 0.05) is 31.6 Å². The molecular weight excluding hydrogens is 284 g/mol. The summed E-state index contributed by atoms with van der Waals surface area (Å²) >= 11 is 0. The smallest absolute Gasteiger partial charge is 0.225 e. The molecule has 0 aromatic heterocycles. The van der Waals surface area contributed by atoms with Gasteiger partial charge in [-0.3, -0.25) is 9.59 Å². The molecule has 2 amide bonds. The van der Waals surface area contributed by atoms with E-state index in [1.54, 1.807) is 32.2 Å². The number of hydrogen-bond donors (Lipinski definition) is 1. The summed E-state index contributed by atoms with van der Waals surface area (Å²) in [4.78, 5) is 26.1. The number of carbonyl (C=O) groups excluding carboxylic acids is 2. The monoisotopic (exact) mass is 306 g/mol. The van der Waals surface area contributed by atoms with Crippen LogP contribution in [0.3, 0.4) is 0 Å². The number of ether oxygens (including phenoxy) is 2. The van der Waals surface area contributed by atoms with Crippen molar-refractivity contribution in [1.29, 1.82) is 0 Å². The van der Waals surface area contributed by atoms with Crippen LogP contribution >= 0.6 is 0 Å². The first-order valence-electron chi connectivity index (χ1n) is 7.30. The lowest BCUT2D eigenvalue weighted by Gasteiger charge is -2.28. The van der Waals surface area contributed by atoms with Crippen molar-refractivity contribution >= 4 is 11.8 Å². The van der Waals surface area contributed by atoms with Gasteiger partial charge in [0.15, 0.2) is 0 Å². The fourth-order valence-electron chi connectivity index (χ4n) is 3.03. The van der Waals surface area contributed by atoms with Gasteiger partial charge in [-0.05, 0) is 19.1 Å². The van der Waals surface area contributed by atoms with Crippen molar-refractivity contribution in [3.05, 3.63) is 23.8 Å². The average molecular weight is 306 g/mol. The van der Waals surface area contributed by atoms with Crippen LogP contribution in [0.2, 0.25) is 0 Å². The van der Waals surface area contributed by atoms with Crippen molar-refractivity contribution in [2.75, 3.05) is 27.8 Å². The summed E-state index contributed by atoms with van der Waals surface area (Å²) in [6.45, 7) is 2.46. The third-order valence-corrected chi connectivity index (χ3v) is 4.11. The van der Waals surface area contributed by atoms with E-state index < -0.39 is 5.92 Å². The Morgan fingerprint density at radius 2 is 2.09 bits per heavy atom. The first-order valence-corrected chi connectivity index (χ1v) is 7.30. The topological polar surface area (TPSA) is 67.9 Å². The number of benzene rings is 1. The van der Waals surface area contributed by atoms with E-state index in [0.29, 0.717) is 18.0 Å². The Hall–Kier alpha value is -2.24. The zero-order valence-electron chi connectivity index (χ0n) is 13.4. The Morgan fingerprint density at radius 3 is 2.64 bits per heavy atom. The molecule has 22 heavy (non-hydrogen) atoms. The molecule has 0 saturated carbocycles. The second-order valence-corrected chi connectivity index (χ2v) is 5.16. The second-order valence-electron chi connectivity index (χ2n) is 5.16. The molecular formula is C16H22N2O4. The standard InChI is InChI=1S/C16H22N2O4/c1-5-18-14(19)9-12(16(20)17-2)15(18)11-7-6-10(21-3)8-13(11)22-4/h6-8,12,15H,5,9H2,1-4H3,(H,17,20). The zero-order chi connectivity index (χ0) is 16.3. The maximum absolute atomic E-state index is 12.2. The molecule has 0 radical (unpaired) electrons. The normalized spacial score (nSPS) is 20.9. The Bertz CT molecular complexity index is 571. The number of methoxy groups -OCH3 is 2. The predicted octanol–water partition coefficient (Wildman–Crippen LogP) is 1.36. The van der Waals surface area contributed by atoms with Crippen molar-refractivity contribution < 1.29 is 19.1 Å². The number of likely N-dealkylation sites (tertiary alicyclic amines) is 1.